The van der Waals surface area contributed by atoms with Crippen LogP contribution >= 0.6 is 0 Å². The molecule has 0 aliphatic heterocycles. The quantitative estimate of drug-likeness (QED) is 0.358. The van der Waals surface area contributed by atoms with Crippen molar-refractivity contribution in [1.82, 2.24) is 4.98 Å². The van der Waals surface area contributed by atoms with Crippen molar-refractivity contribution in [3.8, 4) is 11.5 Å². The van der Waals surface area contributed by atoms with Crippen molar-refractivity contribution < 1.29 is 9.21 Å². The monoisotopic (exact) mass is 426 g/mol. The first-order valence-electron chi connectivity index (χ1n) is 11.2. The molecule has 0 spiro atoms. The van der Waals surface area contributed by atoms with Crippen molar-refractivity contribution in [2.45, 2.75) is 52.4 Å². The van der Waals surface area contributed by atoms with Crippen molar-refractivity contribution in [2.75, 3.05) is 5.32 Å². The molecule has 164 valence electrons. The Morgan fingerprint density at radius 3 is 2.47 bits per heavy atom. The summed E-state index contributed by atoms with van der Waals surface area (Å²) in [7, 11) is 0. The van der Waals surface area contributed by atoms with Crippen LogP contribution in [0.1, 0.15) is 68.4 Å². The van der Waals surface area contributed by atoms with Gasteiger partial charge in [0.2, 0.25) is 5.89 Å². The molecular weight excluding hydrogens is 396 g/mol. The Morgan fingerprint density at radius 2 is 1.78 bits per heavy atom. The number of benzene rings is 3. The average Bonchev–Trinajstić information content (AvgIpc) is 3.21. The second-order valence-corrected chi connectivity index (χ2v) is 9.42. The van der Waals surface area contributed by atoms with E-state index >= 15 is 0 Å². The molecule has 1 unspecified atom stereocenters. The number of nitrogens with zero attached hydrogens (tertiary/aromatic N) is 1. The molecule has 1 amide bonds. The van der Waals surface area contributed by atoms with Crippen LogP contribution in [0.15, 0.2) is 71.1 Å². The van der Waals surface area contributed by atoms with E-state index in [-0.39, 0.29) is 11.3 Å². The molecule has 1 heterocycles. The number of carbonyl (C=O) groups excluding carboxylic acids is 1. The van der Waals surface area contributed by atoms with Crippen molar-refractivity contribution in [1.29, 1.82) is 0 Å². The van der Waals surface area contributed by atoms with Crippen LogP contribution in [0.25, 0.3) is 22.6 Å². The average molecular weight is 427 g/mol. The molecular formula is C28H30N2O2. The Hall–Kier alpha value is -3.40. The van der Waals surface area contributed by atoms with Crippen LogP contribution in [0.4, 0.5) is 5.69 Å². The maximum Gasteiger partial charge on any atom is 0.255 e. The Morgan fingerprint density at radius 1 is 1.03 bits per heavy atom. The zero-order chi connectivity index (χ0) is 22.9. The van der Waals surface area contributed by atoms with Gasteiger partial charge in [-0.2, -0.15) is 0 Å². The highest BCUT2D eigenvalue weighted by molar-refractivity contribution is 6.04. The van der Waals surface area contributed by atoms with Gasteiger partial charge < -0.3 is 9.73 Å². The maximum absolute atomic E-state index is 12.7. The molecule has 1 atom stereocenters. The van der Waals surface area contributed by atoms with Gasteiger partial charge in [-0.1, -0.05) is 58.9 Å². The predicted molar refractivity (Wildman–Crippen MR) is 131 cm³/mol. The number of nitrogens with one attached hydrogen (secondary N) is 1. The third-order valence-corrected chi connectivity index (χ3v) is 5.97. The molecule has 0 aliphatic rings. The van der Waals surface area contributed by atoms with E-state index in [1.54, 1.807) is 0 Å². The normalized spacial score (nSPS) is 12.7. The van der Waals surface area contributed by atoms with Crippen LogP contribution in [-0.4, -0.2) is 10.9 Å². The van der Waals surface area contributed by atoms with E-state index in [0.29, 0.717) is 23.1 Å². The first-order chi connectivity index (χ1) is 15.2. The molecule has 4 rings (SSSR count). The number of hydrogen-bond acceptors (Lipinski definition) is 3. The largest absolute Gasteiger partial charge is 0.436 e. The number of anilines is 1. The fourth-order valence-electron chi connectivity index (χ4n) is 3.67. The molecule has 4 nitrogen and oxygen atoms in total. The van der Waals surface area contributed by atoms with Gasteiger partial charge in [-0.3, -0.25) is 4.79 Å². The number of amides is 1. The van der Waals surface area contributed by atoms with Gasteiger partial charge in [0.15, 0.2) is 5.58 Å². The van der Waals surface area contributed by atoms with Gasteiger partial charge in [-0.05, 0) is 71.3 Å². The van der Waals surface area contributed by atoms with Crippen LogP contribution in [0.2, 0.25) is 0 Å². The second kappa shape index (κ2) is 8.62. The Labute approximate surface area is 189 Å². The summed E-state index contributed by atoms with van der Waals surface area (Å²) in [5.41, 5.74) is 6.29. The smallest absolute Gasteiger partial charge is 0.255 e. The summed E-state index contributed by atoms with van der Waals surface area (Å²) in [6.07, 6.45) is 1.08. The van der Waals surface area contributed by atoms with Crippen LogP contribution in [0.3, 0.4) is 0 Å². The van der Waals surface area contributed by atoms with E-state index in [9.17, 15) is 4.79 Å². The Balaban J connectivity index is 1.55. The summed E-state index contributed by atoms with van der Waals surface area (Å²) >= 11 is 0. The lowest BCUT2D eigenvalue weighted by Crippen LogP contribution is -2.14. The third kappa shape index (κ3) is 4.59. The van der Waals surface area contributed by atoms with Gasteiger partial charge in [0.05, 0.1) is 0 Å². The zero-order valence-corrected chi connectivity index (χ0v) is 19.4. The standard InChI is InChI=1S/C28H30N2O2/c1-6-18(2)20-12-15-25-24(17-20)30-27(32-25)21-8-7-9-23(16-21)29-26(31)19-10-13-22(14-11-19)28(3,4)5/h7-18H,6H2,1-5H3,(H,29,31). The SMILES string of the molecule is CCC(C)c1ccc2oc(-c3cccc(NC(=O)c4ccc(C(C)(C)C)cc4)c3)nc2c1. The Kier molecular flexibility index (Phi) is 5.88. The summed E-state index contributed by atoms with van der Waals surface area (Å²) in [5.74, 6) is 0.890. The van der Waals surface area contributed by atoms with Crippen molar-refractivity contribution in [3.05, 3.63) is 83.4 Å². The molecule has 0 aliphatic carbocycles. The van der Waals surface area contributed by atoms with Crippen molar-refractivity contribution in [3.63, 3.8) is 0 Å². The molecule has 32 heavy (non-hydrogen) atoms. The summed E-state index contributed by atoms with van der Waals surface area (Å²) in [6, 6.07) is 21.5. The highest BCUT2D eigenvalue weighted by Gasteiger charge is 2.15. The van der Waals surface area contributed by atoms with Gasteiger partial charge in [-0.25, -0.2) is 4.98 Å². The molecule has 4 heteroatoms. The van der Waals surface area contributed by atoms with Crippen molar-refractivity contribution >= 4 is 22.7 Å². The number of fused-ring (bicyclic) bond motifs is 1. The van der Waals surface area contributed by atoms with E-state index in [0.717, 1.165) is 23.1 Å². The van der Waals surface area contributed by atoms with E-state index in [1.807, 2.05) is 54.6 Å². The van der Waals surface area contributed by atoms with Crippen LogP contribution in [0.5, 0.6) is 0 Å². The number of oxazole rings is 1. The fourth-order valence-corrected chi connectivity index (χ4v) is 3.67. The number of carbonyl (C=O) groups is 1. The molecule has 0 saturated carbocycles. The van der Waals surface area contributed by atoms with Crippen LogP contribution in [0, 0.1) is 0 Å². The lowest BCUT2D eigenvalue weighted by molar-refractivity contribution is 0.102. The summed E-state index contributed by atoms with van der Waals surface area (Å²) in [5, 5.41) is 2.98. The molecule has 0 saturated heterocycles. The summed E-state index contributed by atoms with van der Waals surface area (Å²) in [4.78, 5) is 17.4. The molecule has 1 N–H and O–H groups in total. The topological polar surface area (TPSA) is 55.1 Å². The van der Waals surface area contributed by atoms with E-state index < -0.39 is 0 Å². The van der Waals surface area contributed by atoms with Gasteiger partial charge in [0.25, 0.3) is 5.91 Å². The van der Waals surface area contributed by atoms with Gasteiger partial charge in [0, 0.05) is 16.8 Å². The minimum Gasteiger partial charge on any atom is -0.436 e. The molecule has 4 aromatic rings. The zero-order valence-electron chi connectivity index (χ0n) is 19.4. The number of rotatable bonds is 5. The Bertz CT molecular complexity index is 1250. The molecule has 0 radical (unpaired) electrons. The highest BCUT2D eigenvalue weighted by atomic mass is 16.3. The molecule has 3 aromatic carbocycles. The second-order valence-electron chi connectivity index (χ2n) is 9.42. The molecule has 1 aromatic heterocycles. The van der Waals surface area contributed by atoms with Gasteiger partial charge in [-0.15, -0.1) is 0 Å². The number of aromatic nitrogens is 1. The predicted octanol–water partition coefficient (Wildman–Crippen LogP) is 7.56. The van der Waals surface area contributed by atoms with E-state index in [4.69, 9.17) is 9.40 Å². The summed E-state index contributed by atoms with van der Waals surface area (Å²) < 4.78 is 5.99. The maximum atomic E-state index is 12.7. The van der Waals surface area contributed by atoms with E-state index in [1.165, 1.54) is 11.1 Å². The molecule has 0 fully saturated rings. The summed E-state index contributed by atoms with van der Waals surface area (Å²) in [6.45, 7) is 10.9. The third-order valence-electron chi connectivity index (χ3n) is 5.97. The highest BCUT2D eigenvalue weighted by Crippen LogP contribution is 2.29. The van der Waals surface area contributed by atoms with Gasteiger partial charge >= 0.3 is 0 Å². The first kappa shape index (κ1) is 21.8. The van der Waals surface area contributed by atoms with Crippen LogP contribution < -0.4 is 5.32 Å². The van der Waals surface area contributed by atoms with Crippen LogP contribution in [-0.2, 0) is 5.41 Å². The minimum absolute atomic E-state index is 0.0538. The first-order valence-corrected chi connectivity index (χ1v) is 11.2. The lowest BCUT2D eigenvalue weighted by Gasteiger charge is -2.19. The van der Waals surface area contributed by atoms with Gasteiger partial charge in [0.1, 0.15) is 5.52 Å². The number of hydrogen-bond donors (Lipinski definition) is 1. The lowest BCUT2D eigenvalue weighted by atomic mass is 9.87. The van der Waals surface area contributed by atoms with E-state index in [2.05, 4.69) is 52.1 Å². The minimum atomic E-state index is -0.140. The van der Waals surface area contributed by atoms with Crippen molar-refractivity contribution in [2.24, 2.45) is 0 Å². The molecule has 0 bridgehead atoms. The fraction of sp³-hybridized carbons (Fsp3) is 0.286.